The lowest BCUT2D eigenvalue weighted by atomic mass is 9.94. The Morgan fingerprint density at radius 2 is 1.85 bits per heavy atom. The molecule has 2 heterocycles. The highest BCUT2D eigenvalue weighted by molar-refractivity contribution is 5.84. The molecule has 0 saturated carbocycles. The summed E-state index contributed by atoms with van der Waals surface area (Å²) >= 11 is 0. The van der Waals surface area contributed by atoms with E-state index in [0.717, 1.165) is 33.6 Å². The van der Waals surface area contributed by atoms with E-state index in [0.29, 0.717) is 36.4 Å². The van der Waals surface area contributed by atoms with Crippen molar-refractivity contribution < 1.29 is 37.8 Å². The van der Waals surface area contributed by atoms with Gasteiger partial charge >= 0.3 is 12.1 Å². The normalized spacial score (nSPS) is 16.0. The van der Waals surface area contributed by atoms with Crippen molar-refractivity contribution in [3.63, 3.8) is 0 Å². The third-order valence-electron chi connectivity index (χ3n) is 6.66. The average molecular weight is 558 g/mol. The number of nitrogens with zero attached hydrogens (tertiary/aromatic N) is 3. The van der Waals surface area contributed by atoms with Gasteiger partial charge in [0.2, 0.25) is 5.91 Å². The van der Waals surface area contributed by atoms with Gasteiger partial charge in [0.25, 0.3) is 0 Å². The van der Waals surface area contributed by atoms with Crippen LogP contribution in [0.3, 0.4) is 0 Å². The molecule has 0 fully saturated rings. The van der Waals surface area contributed by atoms with Crippen molar-refractivity contribution in [2.24, 2.45) is 10.9 Å². The van der Waals surface area contributed by atoms with Crippen LogP contribution in [0.2, 0.25) is 0 Å². The number of carbonyl (C=O) groups is 2. The molecule has 3 aromatic rings. The second kappa shape index (κ2) is 12.3. The third-order valence-corrected chi connectivity index (χ3v) is 6.66. The molecule has 11 heteroatoms. The number of aliphatic carboxylic acids is 1. The minimum absolute atomic E-state index is 0.0446. The first-order valence-corrected chi connectivity index (χ1v) is 12.8. The molecule has 0 unspecified atom stereocenters. The fourth-order valence-electron chi connectivity index (χ4n) is 4.61. The Labute approximate surface area is 228 Å². The quantitative estimate of drug-likeness (QED) is 0.296. The van der Waals surface area contributed by atoms with Gasteiger partial charge in [-0.05, 0) is 72.0 Å². The molecule has 1 atom stereocenters. The van der Waals surface area contributed by atoms with Gasteiger partial charge in [-0.1, -0.05) is 18.2 Å². The standard InChI is InChI=1S/C29H30F3N3O5/c1-19-9-11-35(39)26(13-19)33-10-2-12-40-25-8-5-21-14-22(16-27(36)37)28(38)34(18-23(21)15-25)17-20-3-6-24(7-4-20)29(30,31)32/h3-9,11,13,15,22,39H,2,10,12,14,16-18H2,1H3,(H,36,37)/t22-/m0/s1. The van der Waals surface area contributed by atoms with Crippen LogP contribution in [0.25, 0.3) is 0 Å². The van der Waals surface area contributed by atoms with Crippen LogP contribution in [0.4, 0.5) is 13.2 Å². The molecule has 0 spiro atoms. The summed E-state index contributed by atoms with van der Waals surface area (Å²) in [5, 5.41) is 19.2. The molecule has 4 rings (SSSR count). The topological polar surface area (TPSA) is 104 Å². The van der Waals surface area contributed by atoms with Crippen LogP contribution >= 0.6 is 0 Å². The average Bonchev–Trinajstić information content (AvgIpc) is 3.01. The Bertz CT molecular complexity index is 1430. The summed E-state index contributed by atoms with van der Waals surface area (Å²) in [5.41, 5.74) is 2.75. The van der Waals surface area contributed by atoms with Crippen molar-refractivity contribution in [3.05, 3.63) is 94.1 Å². The number of carboxylic acids is 1. The van der Waals surface area contributed by atoms with E-state index < -0.39 is 23.6 Å². The van der Waals surface area contributed by atoms with Crippen molar-refractivity contribution in [3.8, 4) is 5.75 Å². The fraction of sp³-hybridized carbons (Fsp3) is 0.345. The molecule has 0 radical (unpaired) electrons. The Morgan fingerprint density at radius 3 is 2.55 bits per heavy atom. The van der Waals surface area contributed by atoms with Crippen molar-refractivity contribution in [2.75, 3.05) is 13.2 Å². The van der Waals surface area contributed by atoms with Gasteiger partial charge in [0.05, 0.1) is 24.5 Å². The first kappa shape index (κ1) is 28.7. The number of amides is 1. The third kappa shape index (κ3) is 7.43. The maximum absolute atomic E-state index is 13.3. The number of hydrogen-bond acceptors (Lipinski definition) is 5. The van der Waals surface area contributed by atoms with Crippen LogP contribution in [-0.2, 0) is 35.3 Å². The fourth-order valence-corrected chi connectivity index (χ4v) is 4.61. The molecule has 2 N–H and O–H groups in total. The molecule has 0 bridgehead atoms. The number of ether oxygens (including phenoxy) is 1. The van der Waals surface area contributed by atoms with Crippen molar-refractivity contribution in [1.29, 1.82) is 0 Å². The van der Waals surface area contributed by atoms with E-state index in [1.54, 1.807) is 18.2 Å². The van der Waals surface area contributed by atoms with Gasteiger partial charge in [-0.15, -0.1) is 0 Å². The summed E-state index contributed by atoms with van der Waals surface area (Å²) in [6, 6.07) is 13.5. The Morgan fingerprint density at radius 1 is 1.10 bits per heavy atom. The van der Waals surface area contributed by atoms with Crippen LogP contribution in [0.15, 0.2) is 65.8 Å². The molecule has 1 aromatic heterocycles. The second-order valence-corrected chi connectivity index (χ2v) is 9.81. The van der Waals surface area contributed by atoms with Gasteiger partial charge in [-0.3, -0.25) is 14.6 Å². The number of aromatic nitrogens is 1. The van der Waals surface area contributed by atoms with Gasteiger partial charge in [-0.25, -0.2) is 0 Å². The zero-order valence-electron chi connectivity index (χ0n) is 21.9. The summed E-state index contributed by atoms with van der Waals surface area (Å²) in [4.78, 5) is 30.6. The molecule has 1 aliphatic rings. The van der Waals surface area contributed by atoms with Gasteiger partial charge in [0, 0.05) is 32.3 Å². The number of fused-ring (bicyclic) bond motifs is 1. The number of pyridine rings is 1. The minimum atomic E-state index is -4.46. The number of carboxylic acid groups (broad SMARTS) is 1. The summed E-state index contributed by atoms with van der Waals surface area (Å²) in [6.45, 7) is 2.91. The number of halogens is 3. The lowest BCUT2D eigenvalue weighted by molar-refractivity contribution is -0.144. The minimum Gasteiger partial charge on any atom is -0.494 e. The number of carbonyl (C=O) groups excluding carboxylic acids is 1. The largest absolute Gasteiger partial charge is 0.494 e. The van der Waals surface area contributed by atoms with E-state index in [1.165, 1.54) is 23.2 Å². The highest BCUT2D eigenvalue weighted by Crippen LogP contribution is 2.31. The monoisotopic (exact) mass is 557 g/mol. The van der Waals surface area contributed by atoms with E-state index in [2.05, 4.69) is 4.99 Å². The van der Waals surface area contributed by atoms with E-state index >= 15 is 0 Å². The zero-order valence-corrected chi connectivity index (χ0v) is 21.9. The Balaban J connectivity index is 1.47. The van der Waals surface area contributed by atoms with Crippen molar-refractivity contribution >= 4 is 11.9 Å². The molecule has 1 amide bonds. The maximum atomic E-state index is 13.3. The number of rotatable bonds is 9. The molecule has 0 saturated heterocycles. The number of benzene rings is 2. The highest BCUT2D eigenvalue weighted by atomic mass is 19.4. The lowest BCUT2D eigenvalue weighted by Crippen LogP contribution is -2.35. The zero-order chi connectivity index (χ0) is 28.9. The van der Waals surface area contributed by atoms with E-state index in [4.69, 9.17) is 4.74 Å². The Kier molecular flexibility index (Phi) is 8.81. The molecule has 40 heavy (non-hydrogen) atoms. The number of hydrogen-bond donors (Lipinski definition) is 2. The van der Waals surface area contributed by atoms with Gasteiger partial charge in [0.1, 0.15) is 5.75 Å². The maximum Gasteiger partial charge on any atom is 0.416 e. The van der Waals surface area contributed by atoms with E-state index in [1.807, 2.05) is 19.1 Å². The molecular formula is C29H30F3N3O5. The van der Waals surface area contributed by atoms with E-state index in [9.17, 15) is 33.1 Å². The Hall–Kier alpha value is -4.28. The molecule has 8 nitrogen and oxygen atoms in total. The molecule has 1 aliphatic heterocycles. The van der Waals surface area contributed by atoms with Crippen LogP contribution in [-0.4, -0.2) is 45.0 Å². The summed E-state index contributed by atoms with van der Waals surface area (Å²) in [6.07, 6.45) is -2.47. The van der Waals surface area contributed by atoms with Gasteiger partial charge in [-0.2, -0.15) is 17.9 Å². The number of alkyl halides is 3. The molecule has 2 aromatic carbocycles. The predicted molar refractivity (Wildman–Crippen MR) is 138 cm³/mol. The lowest BCUT2D eigenvalue weighted by Gasteiger charge is -2.24. The van der Waals surface area contributed by atoms with Gasteiger partial charge in [0.15, 0.2) is 5.49 Å². The molecular weight excluding hydrogens is 527 g/mol. The summed E-state index contributed by atoms with van der Waals surface area (Å²) < 4.78 is 45.7. The summed E-state index contributed by atoms with van der Waals surface area (Å²) in [5.74, 6) is -1.68. The first-order chi connectivity index (χ1) is 19.0. The second-order valence-electron chi connectivity index (χ2n) is 9.81. The predicted octanol–water partition coefficient (Wildman–Crippen LogP) is 4.60. The molecule has 212 valence electrons. The van der Waals surface area contributed by atoms with Crippen LogP contribution in [0.1, 0.15) is 40.7 Å². The highest BCUT2D eigenvalue weighted by Gasteiger charge is 2.32. The van der Waals surface area contributed by atoms with Crippen molar-refractivity contribution in [1.82, 2.24) is 9.63 Å². The van der Waals surface area contributed by atoms with E-state index in [-0.39, 0.29) is 31.8 Å². The van der Waals surface area contributed by atoms with Gasteiger partial charge < -0.3 is 20.0 Å². The van der Waals surface area contributed by atoms with Crippen molar-refractivity contribution in [2.45, 2.75) is 45.5 Å². The first-order valence-electron chi connectivity index (χ1n) is 12.8. The van der Waals surface area contributed by atoms with Crippen LogP contribution in [0, 0.1) is 12.8 Å². The SMILES string of the molecule is Cc1ccn(O)c(=NCCCOc2ccc3c(c2)CN(Cc2ccc(C(F)(F)F)cc2)C(=O)[C@H](CC(=O)O)C3)c1. The smallest absolute Gasteiger partial charge is 0.416 e. The van der Waals surface area contributed by atoms with Crippen LogP contribution < -0.4 is 10.2 Å². The number of aryl methyl sites for hydroxylation is 1. The molecule has 0 aliphatic carbocycles. The van der Waals surface area contributed by atoms with Crippen LogP contribution in [0.5, 0.6) is 5.75 Å². The summed E-state index contributed by atoms with van der Waals surface area (Å²) in [7, 11) is 0.